The molecule has 0 amide bonds. The number of ketones is 1. The molecule has 1 aromatic carbocycles. The van der Waals surface area contributed by atoms with Crippen LogP contribution in [0.15, 0.2) is 30.9 Å². The van der Waals surface area contributed by atoms with Crippen LogP contribution < -0.4 is 0 Å². The first-order valence-electron chi connectivity index (χ1n) is 8.33. The molecular weight excluding hydrogens is 310 g/mol. The minimum atomic E-state index is -0.0377. The number of carbonyl (C=O) groups is 1. The van der Waals surface area contributed by atoms with E-state index in [2.05, 4.69) is 17.5 Å². The second-order valence-electron chi connectivity index (χ2n) is 7.16. The highest BCUT2D eigenvalue weighted by Crippen LogP contribution is 2.55. The highest BCUT2D eigenvalue weighted by molar-refractivity contribution is 5.85. The highest BCUT2D eigenvalue weighted by atomic mass is 35.5. The third-order valence-electron chi connectivity index (χ3n) is 6.16. The fraction of sp³-hybridized carbons (Fsp3) is 0.526. The van der Waals surface area contributed by atoms with Crippen LogP contribution in [0.25, 0.3) is 0 Å². The number of hydrogen-bond donors (Lipinski definition) is 1. The molecule has 1 N–H and O–H groups in total. The van der Waals surface area contributed by atoms with Crippen LogP contribution in [0.4, 0.5) is 0 Å². The lowest BCUT2D eigenvalue weighted by Gasteiger charge is -2.58. The lowest BCUT2D eigenvalue weighted by atomic mass is 9.52. The summed E-state index contributed by atoms with van der Waals surface area (Å²) in [6, 6.07) is 6.29. The van der Waals surface area contributed by atoms with Gasteiger partial charge < -0.3 is 5.11 Å². The molecule has 3 nitrogen and oxygen atoms in total. The molecule has 124 valence electrons. The molecule has 1 aromatic rings. The number of benzene rings is 1. The van der Waals surface area contributed by atoms with Crippen LogP contribution in [0.3, 0.4) is 0 Å². The zero-order valence-corrected chi connectivity index (χ0v) is 14.1. The number of rotatable bonds is 2. The standard InChI is InChI=1S/C19H23NO2.ClH/c1-2-8-20-9-7-19-12-15(22)5-6-16(19)18(20)10-13-3-4-14(21)11-17(13)19;/h2-4,11,16,18,21H,1,5-10,12H2;1H/t16-,18+,19-;/m0./s1. The van der Waals surface area contributed by atoms with Crippen molar-refractivity contribution in [1.82, 2.24) is 4.90 Å². The van der Waals surface area contributed by atoms with Gasteiger partial charge in [-0.25, -0.2) is 0 Å². The highest BCUT2D eigenvalue weighted by Gasteiger charge is 2.55. The Hall–Kier alpha value is -1.32. The summed E-state index contributed by atoms with van der Waals surface area (Å²) in [6.07, 6.45) is 6.42. The second kappa shape index (κ2) is 5.95. The molecule has 2 bridgehead atoms. The molecule has 2 fully saturated rings. The molecule has 0 aromatic heterocycles. The Labute approximate surface area is 143 Å². The number of nitrogens with zero attached hydrogens (tertiary/aromatic N) is 1. The Morgan fingerprint density at radius 2 is 2.26 bits per heavy atom. The summed E-state index contributed by atoms with van der Waals surface area (Å²) in [7, 11) is 0. The van der Waals surface area contributed by atoms with Gasteiger partial charge in [0, 0.05) is 30.8 Å². The summed E-state index contributed by atoms with van der Waals surface area (Å²) in [6.45, 7) is 5.85. The van der Waals surface area contributed by atoms with Crippen molar-refractivity contribution >= 4 is 18.2 Å². The lowest BCUT2D eigenvalue weighted by molar-refractivity contribution is -0.127. The number of carbonyl (C=O) groups excluding carboxylic acids is 1. The number of likely N-dealkylation sites (tertiary alicyclic amines) is 1. The minimum Gasteiger partial charge on any atom is -0.508 e. The number of piperidine rings is 1. The van der Waals surface area contributed by atoms with Crippen molar-refractivity contribution in [1.29, 1.82) is 0 Å². The maximum atomic E-state index is 12.2. The van der Waals surface area contributed by atoms with Gasteiger partial charge in [0.05, 0.1) is 0 Å². The topological polar surface area (TPSA) is 40.5 Å². The summed E-state index contributed by atoms with van der Waals surface area (Å²) in [5.41, 5.74) is 2.53. The van der Waals surface area contributed by atoms with Gasteiger partial charge in [-0.05, 0) is 55.0 Å². The van der Waals surface area contributed by atoms with Crippen molar-refractivity contribution in [3.63, 3.8) is 0 Å². The Morgan fingerprint density at radius 3 is 3.04 bits per heavy atom. The largest absolute Gasteiger partial charge is 0.508 e. The fourth-order valence-corrected chi connectivity index (χ4v) is 5.29. The molecule has 3 atom stereocenters. The van der Waals surface area contributed by atoms with E-state index in [1.165, 1.54) is 11.1 Å². The van der Waals surface area contributed by atoms with E-state index >= 15 is 0 Å². The molecule has 1 heterocycles. The smallest absolute Gasteiger partial charge is 0.133 e. The first-order chi connectivity index (χ1) is 10.6. The Balaban J connectivity index is 0.00000156. The first-order valence-corrected chi connectivity index (χ1v) is 8.33. The maximum absolute atomic E-state index is 12.2. The van der Waals surface area contributed by atoms with Crippen molar-refractivity contribution in [2.75, 3.05) is 13.1 Å². The number of aromatic hydroxyl groups is 1. The molecule has 0 unspecified atom stereocenters. The van der Waals surface area contributed by atoms with Crippen LogP contribution in [0.5, 0.6) is 5.75 Å². The molecule has 4 heteroatoms. The van der Waals surface area contributed by atoms with Gasteiger partial charge in [0.25, 0.3) is 0 Å². The summed E-state index contributed by atoms with van der Waals surface area (Å²) in [5, 5.41) is 9.97. The summed E-state index contributed by atoms with van der Waals surface area (Å²) in [5.74, 6) is 1.26. The van der Waals surface area contributed by atoms with E-state index in [0.29, 0.717) is 29.9 Å². The van der Waals surface area contributed by atoms with Crippen molar-refractivity contribution < 1.29 is 9.90 Å². The average molecular weight is 334 g/mol. The van der Waals surface area contributed by atoms with Gasteiger partial charge >= 0.3 is 0 Å². The Morgan fingerprint density at radius 1 is 1.43 bits per heavy atom. The summed E-state index contributed by atoms with van der Waals surface area (Å²) < 4.78 is 0. The Kier molecular flexibility index (Phi) is 4.28. The van der Waals surface area contributed by atoms with E-state index in [1.807, 2.05) is 12.1 Å². The quantitative estimate of drug-likeness (QED) is 0.845. The molecule has 0 spiro atoms. The van der Waals surface area contributed by atoms with Gasteiger partial charge in [0.1, 0.15) is 11.5 Å². The maximum Gasteiger partial charge on any atom is 0.133 e. The zero-order chi connectivity index (χ0) is 15.3. The van der Waals surface area contributed by atoms with E-state index < -0.39 is 0 Å². The number of halogens is 1. The van der Waals surface area contributed by atoms with Crippen LogP contribution >= 0.6 is 12.4 Å². The van der Waals surface area contributed by atoms with Crippen molar-refractivity contribution in [2.45, 2.75) is 43.6 Å². The van der Waals surface area contributed by atoms with Crippen molar-refractivity contribution in [3.8, 4) is 5.75 Å². The van der Waals surface area contributed by atoms with Crippen LogP contribution in [0, 0.1) is 5.92 Å². The molecule has 23 heavy (non-hydrogen) atoms. The molecule has 2 aliphatic carbocycles. The fourth-order valence-electron chi connectivity index (χ4n) is 5.29. The number of phenols is 1. The number of Topliss-reactive ketones (excluding diaryl/α,β-unsaturated/α-hetero) is 1. The first kappa shape index (κ1) is 16.5. The van der Waals surface area contributed by atoms with Gasteiger partial charge in [-0.15, -0.1) is 19.0 Å². The van der Waals surface area contributed by atoms with E-state index in [1.54, 1.807) is 6.07 Å². The van der Waals surface area contributed by atoms with Crippen molar-refractivity contribution in [3.05, 3.63) is 42.0 Å². The molecule has 1 saturated carbocycles. The van der Waals surface area contributed by atoms with Crippen LogP contribution in [-0.4, -0.2) is 34.9 Å². The second-order valence-corrected chi connectivity index (χ2v) is 7.16. The van der Waals surface area contributed by atoms with Gasteiger partial charge in [-0.3, -0.25) is 9.69 Å². The number of hydrogen-bond acceptors (Lipinski definition) is 3. The minimum absolute atomic E-state index is 0. The van der Waals surface area contributed by atoms with Crippen molar-refractivity contribution in [2.24, 2.45) is 5.92 Å². The zero-order valence-electron chi connectivity index (χ0n) is 13.3. The van der Waals surface area contributed by atoms with Crippen LogP contribution in [0.1, 0.15) is 36.8 Å². The predicted octanol–water partition coefficient (Wildman–Crippen LogP) is 3.24. The van der Waals surface area contributed by atoms with Crippen LogP contribution in [0.2, 0.25) is 0 Å². The van der Waals surface area contributed by atoms with E-state index in [-0.39, 0.29) is 17.8 Å². The van der Waals surface area contributed by atoms with Gasteiger partial charge in [-0.2, -0.15) is 0 Å². The normalized spacial score (nSPS) is 32.4. The summed E-state index contributed by atoms with van der Waals surface area (Å²) >= 11 is 0. The number of fused-ring (bicyclic) bond motifs is 1. The summed E-state index contributed by atoms with van der Waals surface area (Å²) in [4.78, 5) is 14.8. The molecule has 0 radical (unpaired) electrons. The third-order valence-corrected chi connectivity index (χ3v) is 6.16. The monoisotopic (exact) mass is 333 g/mol. The SMILES string of the molecule is C=CCN1CC[C@]23CC(=O)CC[C@H]2[C@H]1Cc1ccc(O)cc13.Cl. The van der Waals surface area contributed by atoms with E-state index in [0.717, 1.165) is 38.8 Å². The third kappa shape index (κ3) is 2.41. The predicted molar refractivity (Wildman–Crippen MR) is 93.3 cm³/mol. The number of phenolic OH excluding ortho intramolecular Hbond substituents is 1. The van der Waals surface area contributed by atoms with Crippen LogP contribution in [-0.2, 0) is 16.6 Å². The molecular formula is C19H24ClNO2. The molecule has 4 rings (SSSR count). The van der Waals surface area contributed by atoms with Gasteiger partial charge in [0.2, 0.25) is 0 Å². The molecule has 1 aliphatic heterocycles. The van der Waals surface area contributed by atoms with E-state index in [9.17, 15) is 9.90 Å². The molecule has 1 saturated heterocycles. The van der Waals surface area contributed by atoms with E-state index in [4.69, 9.17) is 0 Å². The average Bonchev–Trinajstić information content (AvgIpc) is 2.50. The lowest BCUT2D eigenvalue weighted by Crippen LogP contribution is -2.61. The molecule has 3 aliphatic rings. The van der Waals surface area contributed by atoms with Gasteiger partial charge in [-0.1, -0.05) is 12.1 Å². The Bertz CT molecular complexity index is 644. The van der Waals surface area contributed by atoms with Gasteiger partial charge in [0.15, 0.2) is 0 Å².